The van der Waals surface area contributed by atoms with Gasteiger partial charge < -0.3 is 9.84 Å². The molecule has 1 aromatic heterocycles. The summed E-state index contributed by atoms with van der Waals surface area (Å²) in [6.45, 7) is 0.803. The minimum Gasteiger partial charge on any atom is -0.359 e. The van der Waals surface area contributed by atoms with Crippen LogP contribution >= 0.6 is 0 Å². The maximum atomic E-state index is 12.9. The summed E-state index contributed by atoms with van der Waals surface area (Å²) in [5.74, 6) is 0.321. The SMILES string of the molecule is CNC(=O)Cc1noc(CN2CCCCC2C(F)F)n1. The topological polar surface area (TPSA) is 71.3 Å². The van der Waals surface area contributed by atoms with Crippen molar-refractivity contribution in [1.29, 1.82) is 0 Å². The van der Waals surface area contributed by atoms with Gasteiger partial charge in [-0.05, 0) is 19.4 Å². The molecule has 1 unspecified atom stereocenters. The Hall–Kier alpha value is -1.57. The Bertz CT molecular complexity index is 452. The molecular weight excluding hydrogens is 270 g/mol. The molecule has 1 fully saturated rings. The molecule has 0 spiro atoms. The number of hydrogen-bond acceptors (Lipinski definition) is 5. The minimum atomic E-state index is -2.37. The number of amides is 1. The van der Waals surface area contributed by atoms with E-state index < -0.39 is 12.5 Å². The fraction of sp³-hybridized carbons (Fsp3) is 0.750. The zero-order chi connectivity index (χ0) is 14.5. The molecule has 1 aromatic rings. The number of likely N-dealkylation sites (tertiary alicyclic amines) is 1. The van der Waals surface area contributed by atoms with E-state index in [0.717, 1.165) is 12.8 Å². The first-order chi connectivity index (χ1) is 9.60. The van der Waals surface area contributed by atoms with Crippen LogP contribution in [0.3, 0.4) is 0 Å². The Kier molecular flexibility index (Phi) is 4.99. The van der Waals surface area contributed by atoms with Crippen LogP contribution in [0.4, 0.5) is 8.78 Å². The highest BCUT2D eigenvalue weighted by atomic mass is 19.3. The smallest absolute Gasteiger partial charge is 0.253 e. The first-order valence-electron chi connectivity index (χ1n) is 6.64. The average molecular weight is 288 g/mol. The van der Waals surface area contributed by atoms with Crippen LogP contribution in [0.5, 0.6) is 0 Å². The van der Waals surface area contributed by atoms with Gasteiger partial charge in [-0.25, -0.2) is 8.78 Å². The second kappa shape index (κ2) is 6.74. The highest BCUT2D eigenvalue weighted by Crippen LogP contribution is 2.23. The van der Waals surface area contributed by atoms with Crippen LogP contribution in [0.15, 0.2) is 4.52 Å². The summed E-state index contributed by atoms with van der Waals surface area (Å²) in [5, 5.41) is 6.13. The lowest BCUT2D eigenvalue weighted by molar-refractivity contribution is -0.120. The van der Waals surface area contributed by atoms with Crippen LogP contribution in [-0.4, -0.2) is 47.0 Å². The van der Waals surface area contributed by atoms with Crippen molar-refractivity contribution in [3.05, 3.63) is 11.7 Å². The molecule has 0 saturated carbocycles. The maximum Gasteiger partial charge on any atom is 0.253 e. The van der Waals surface area contributed by atoms with E-state index in [-0.39, 0.29) is 30.6 Å². The van der Waals surface area contributed by atoms with Gasteiger partial charge in [-0.3, -0.25) is 9.69 Å². The van der Waals surface area contributed by atoms with Crippen molar-refractivity contribution in [2.45, 2.75) is 44.7 Å². The molecule has 2 rings (SSSR count). The lowest BCUT2D eigenvalue weighted by Crippen LogP contribution is -2.43. The van der Waals surface area contributed by atoms with Gasteiger partial charge in [0.2, 0.25) is 11.8 Å². The van der Waals surface area contributed by atoms with Gasteiger partial charge in [-0.1, -0.05) is 11.6 Å². The van der Waals surface area contributed by atoms with Crippen LogP contribution in [-0.2, 0) is 17.8 Å². The largest absolute Gasteiger partial charge is 0.359 e. The molecule has 0 radical (unpaired) electrons. The van der Waals surface area contributed by atoms with Crippen LogP contribution in [0.2, 0.25) is 0 Å². The van der Waals surface area contributed by atoms with Gasteiger partial charge in [0.1, 0.15) is 0 Å². The van der Waals surface area contributed by atoms with Gasteiger partial charge >= 0.3 is 0 Å². The Labute approximate surface area is 115 Å². The van der Waals surface area contributed by atoms with E-state index in [4.69, 9.17) is 4.52 Å². The molecule has 2 heterocycles. The average Bonchev–Trinajstić information content (AvgIpc) is 2.86. The predicted octanol–water partition coefficient (Wildman–Crippen LogP) is 0.978. The summed E-state index contributed by atoms with van der Waals surface area (Å²) >= 11 is 0. The number of aromatic nitrogens is 2. The number of piperidine rings is 1. The fourth-order valence-electron chi connectivity index (χ4n) is 2.33. The van der Waals surface area contributed by atoms with E-state index in [1.807, 2.05) is 0 Å². The Morgan fingerprint density at radius 1 is 1.55 bits per heavy atom. The number of likely N-dealkylation sites (N-methyl/N-ethyl adjacent to an activating group) is 1. The second-order valence-electron chi connectivity index (χ2n) is 4.82. The van der Waals surface area contributed by atoms with Gasteiger partial charge in [0.05, 0.1) is 19.0 Å². The van der Waals surface area contributed by atoms with Crippen LogP contribution < -0.4 is 5.32 Å². The summed E-state index contributed by atoms with van der Waals surface area (Å²) < 4.78 is 30.9. The molecule has 1 atom stereocenters. The van der Waals surface area contributed by atoms with Crippen molar-refractivity contribution in [2.75, 3.05) is 13.6 Å². The summed E-state index contributed by atoms with van der Waals surface area (Å²) in [6.07, 6.45) is -0.155. The number of alkyl halides is 2. The molecule has 0 aliphatic carbocycles. The zero-order valence-corrected chi connectivity index (χ0v) is 11.3. The van der Waals surface area contributed by atoms with Gasteiger partial charge in [-0.15, -0.1) is 0 Å². The number of hydrogen-bond donors (Lipinski definition) is 1. The monoisotopic (exact) mass is 288 g/mol. The van der Waals surface area contributed by atoms with Gasteiger partial charge in [0, 0.05) is 7.05 Å². The third-order valence-electron chi connectivity index (χ3n) is 3.40. The van der Waals surface area contributed by atoms with Crippen molar-refractivity contribution in [2.24, 2.45) is 0 Å². The van der Waals surface area contributed by atoms with E-state index in [2.05, 4.69) is 15.5 Å². The lowest BCUT2D eigenvalue weighted by atomic mass is 10.0. The molecule has 0 bridgehead atoms. The lowest BCUT2D eigenvalue weighted by Gasteiger charge is -2.33. The van der Waals surface area contributed by atoms with E-state index in [1.54, 1.807) is 4.90 Å². The molecule has 8 heteroatoms. The quantitative estimate of drug-likeness (QED) is 0.874. The molecule has 112 valence electrons. The van der Waals surface area contributed by atoms with E-state index in [1.165, 1.54) is 7.05 Å². The Balaban J connectivity index is 1.96. The van der Waals surface area contributed by atoms with Crippen LogP contribution in [0.1, 0.15) is 31.0 Å². The van der Waals surface area contributed by atoms with Gasteiger partial charge in [0.25, 0.3) is 6.43 Å². The summed E-state index contributed by atoms with van der Waals surface area (Å²) in [4.78, 5) is 16.9. The van der Waals surface area contributed by atoms with Crippen molar-refractivity contribution < 1.29 is 18.1 Å². The van der Waals surface area contributed by atoms with Crippen molar-refractivity contribution in [1.82, 2.24) is 20.4 Å². The number of rotatable bonds is 5. The van der Waals surface area contributed by atoms with Crippen LogP contribution in [0.25, 0.3) is 0 Å². The van der Waals surface area contributed by atoms with Crippen molar-refractivity contribution >= 4 is 5.91 Å². The molecule has 6 nitrogen and oxygen atoms in total. The van der Waals surface area contributed by atoms with Crippen LogP contribution in [0, 0.1) is 0 Å². The second-order valence-corrected chi connectivity index (χ2v) is 4.82. The molecule has 0 aromatic carbocycles. The number of carbonyl (C=O) groups is 1. The molecule has 20 heavy (non-hydrogen) atoms. The number of halogens is 2. The van der Waals surface area contributed by atoms with Crippen molar-refractivity contribution in [3.8, 4) is 0 Å². The molecule has 1 saturated heterocycles. The number of carbonyl (C=O) groups excluding carboxylic acids is 1. The molecule has 1 aliphatic heterocycles. The molecule has 1 aliphatic rings. The first-order valence-corrected chi connectivity index (χ1v) is 6.64. The van der Waals surface area contributed by atoms with E-state index in [9.17, 15) is 13.6 Å². The Morgan fingerprint density at radius 3 is 3.05 bits per heavy atom. The standard InChI is InChI=1S/C12H18F2N4O2/c1-15-10(19)6-9-16-11(20-17-9)7-18-5-3-2-4-8(18)12(13)14/h8,12H,2-7H2,1H3,(H,15,19). The van der Waals surface area contributed by atoms with Gasteiger partial charge in [0.15, 0.2) is 5.82 Å². The van der Waals surface area contributed by atoms with E-state index >= 15 is 0 Å². The number of nitrogens with zero attached hydrogens (tertiary/aromatic N) is 3. The normalized spacial score (nSPS) is 20.3. The predicted molar refractivity (Wildman–Crippen MR) is 66.1 cm³/mol. The first kappa shape index (κ1) is 14.8. The maximum absolute atomic E-state index is 12.9. The molecule has 1 amide bonds. The molecule has 1 N–H and O–H groups in total. The summed E-state index contributed by atoms with van der Waals surface area (Å²) in [7, 11) is 1.52. The highest BCUT2D eigenvalue weighted by molar-refractivity contribution is 5.77. The van der Waals surface area contributed by atoms with E-state index in [0.29, 0.717) is 13.0 Å². The minimum absolute atomic E-state index is 0.0261. The summed E-state index contributed by atoms with van der Waals surface area (Å²) in [6, 6.07) is -0.752. The summed E-state index contributed by atoms with van der Waals surface area (Å²) in [5.41, 5.74) is 0. The Morgan fingerprint density at radius 2 is 2.35 bits per heavy atom. The molecular formula is C12H18F2N4O2. The number of nitrogens with one attached hydrogen (secondary N) is 1. The zero-order valence-electron chi connectivity index (χ0n) is 11.3. The highest BCUT2D eigenvalue weighted by Gasteiger charge is 2.31. The third kappa shape index (κ3) is 3.72. The van der Waals surface area contributed by atoms with Crippen molar-refractivity contribution in [3.63, 3.8) is 0 Å². The van der Waals surface area contributed by atoms with Gasteiger partial charge in [-0.2, -0.15) is 4.98 Å². The fourth-order valence-corrected chi connectivity index (χ4v) is 2.33. The third-order valence-corrected chi connectivity index (χ3v) is 3.40.